The van der Waals surface area contributed by atoms with Crippen LogP contribution in [0, 0.1) is 6.92 Å². The van der Waals surface area contributed by atoms with E-state index >= 15 is 0 Å². The summed E-state index contributed by atoms with van der Waals surface area (Å²) in [5.41, 5.74) is 8.76. The van der Waals surface area contributed by atoms with Gasteiger partial charge < -0.3 is 16.2 Å². The number of pyridine rings is 1. The van der Waals surface area contributed by atoms with Crippen molar-refractivity contribution in [3.63, 3.8) is 0 Å². The third-order valence-corrected chi connectivity index (χ3v) is 4.07. The Morgan fingerprint density at radius 2 is 2.08 bits per heavy atom. The second kappa shape index (κ2) is 7.17. The number of hydrogen-bond donors (Lipinski definition) is 3. The SMILES string of the molecule is CCC(Nc1nc(-c2ccc(N)c(O)c2)ncc1C)c1cccnc1. The lowest BCUT2D eigenvalue weighted by atomic mass is 10.1. The molecule has 0 saturated carbocycles. The molecule has 0 amide bonds. The van der Waals surface area contributed by atoms with Gasteiger partial charge in [-0.2, -0.15) is 0 Å². The van der Waals surface area contributed by atoms with E-state index in [0.29, 0.717) is 17.1 Å². The second-order valence-corrected chi connectivity index (χ2v) is 5.89. The van der Waals surface area contributed by atoms with E-state index in [4.69, 9.17) is 5.73 Å². The molecule has 2 aromatic heterocycles. The summed E-state index contributed by atoms with van der Waals surface area (Å²) in [6.07, 6.45) is 6.29. The Kier molecular flexibility index (Phi) is 4.79. The van der Waals surface area contributed by atoms with Gasteiger partial charge >= 0.3 is 0 Å². The Bertz CT molecular complexity index is 867. The van der Waals surface area contributed by atoms with Crippen molar-refractivity contribution in [2.75, 3.05) is 11.1 Å². The number of aryl methyl sites for hydroxylation is 1. The number of aromatic nitrogens is 3. The third-order valence-electron chi connectivity index (χ3n) is 4.07. The van der Waals surface area contributed by atoms with Gasteiger partial charge in [-0.15, -0.1) is 0 Å². The molecule has 0 radical (unpaired) electrons. The van der Waals surface area contributed by atoms with Gasteiger partial charge in [0.1, 0.15) is 11.6 Å². The zero-order valence-corrected chi connectivity index (χ0v) is 14.3. The fourth-order valence-electron chi connectivity index (χ4n) is 2.58. The minimum atomic E-state index is 0.0259. The minimum Gasteiger partial charge on any atom is -0.506 e. The molecule has 0 saturated heterocycles. The number of nitrogen functional groups attached to an aromatic ring is 1. The molecule has 3 aromatic rings. The Morgan fingerprint density at radius 1 is 1.24 bits per heavy atom. The number of nitrogens with two attached hydrogens (primary N) is 1. The molecule has 6 nitrogen and oxygen atoms in total. The largest absolute Gasteiger partial charge is 0.506 e. The molecule has 2 heterocycles. The van der Waals surface area contributed by atoms with E-state index in [-0.39, 0.29) is 11.8 Å². The number of anilines is 2. The first kappa shape index (κ1) is 16.7. The summed E-state index contributed by atoms with van der Waals surface area (Å²) in [4.78, 5) is 13.2. The zero-order valence-electron chi connectivity index (χ0n) is 14.3. The summed E-state index contributed by atoms with van der Waals surface area (Å²) < 4.78 is 0. The van der Waals surface area contributed by atoms with Crippen molar-refractivity contribution in [2.24, 2.45) is 0 Å². The Morgan fingerprint density at radius 3 is 2.76 bits per heavy atom. The van der Waals surface area contributed by atoms with E-state index in [1.807, 2.05) is 25.3 Å². The molecule has 0 fully saturated rings. The molecule has 4 N–H and O–H groups in total. The molecule has 0 bridgehead atoms. The zero-order chi connectivity index (χ0) is 17.8. The van der Waals surface area contributed by atoms with E-state index in [1.165, 1.54) is 0 Å². The monoisotopic (exact) mass is 335 g/mol. The van der Waals surface area contributed by atoms with Gasteiger partial charge in [-0.1, -0.05) is 13.0 Å². The standard InChI is InChI=1S/C19H21N5O/c1-3-16(14-5-4-8-21-11-14)23-18-12(2)10-22-19(24-18)13-6-7-15(20)17(25)9-13/h4-11,16,25H,3,20H2,1-2H3,(H,22,23,24). The molecular weight excluding hydrogens is 314 g/mol. The highest BCUT2D eigenvalue weighted by Gasteiger charge is 2.13. The van der Waals surface area contributed by atoms with Crippen molar-refractivity contribution < 1.29 is 5.11 Å². The van der Waals surface area contributed by atoms with Crippen LogP contribution in [0.5, 0.6) is 5.75 Å². The molecule has 1 aromatic carbocycles. The van der Waals surface area contributed by atoms with Gasteiger partial charge in [-0.25, -0.2) is 9.97 Å². The third kappa shape index (κ3) is 3.68. The highest BCUT2D eigenvalue weighted by atomic mass is 16.3. The number of phenolic OH excluding ortho intramolecular Hbond substituents is 1. The normalized spacial score (nSPS) is 11.9. The van der Waals surface area contributed by atoms with Gasteiger partial charge in [0.2, 0.25) is 0 Å². The highest BCUT2D eigenvalue weighted by Crippen LogP contribution is 2.28. The van der Waals surface area contributed by atoms with Crippen LogP contribution in [0.15, 0.2) is 48.9 Å². The first-order valence-electron chi connectivity index (χ1n) is 8.17. The highest BCUT2D eigenvalue weighted by molar-refractivity contribution is 5.66. The first-order chi connectivity index (χ1) is 12.1. The van der Waals surface area contributed by atoms with Gasteiger partial charge in [0.25, 0.3) is 0 Å². The van der Waals surface area contributed by atoms with Gasteiger partial charge in [0.15, 0.2) is 5.82 Å². The van der Waals surface area contributed by atoms with E-state index in [0.717, 1.165) is 23.4 Å². The van der Waals surface area contributed by atoms with Crippen LogP contribution in [-0.4, -0.2) is 20.1 Å². The average molecular weight is 335 g/mol. The molecule has 128 valence electrons. The molecule has 0 aliphatic heterocycles. The Hall–Kier alpha value is -3.15. The van der Waals surface area contributed by atoms with Gasteiger partial charge in [0.05, 0.1) is 11.7 Å². The summed E-state index contributed by atoms with van der Waals surface area (Å²) in [6, 6.07) is 9.09. The topological polar surface area (TPSA) is 97.0 Å². The maximum Gasteiger partial charge on any atom is 0.161 e. The summed E-state index contributed by atoms with van der Waals surface area (Å²) in [6.45, 7) is 4.07. The molecule has 1 atom stereocenters. The molecule has 0 aliphatic rings. The molecule has 1 unspecified atom stereocenters. The van der Waals surface area contributed by atoms with Crippen LogP contribution in [0.25, 0.3) is 11.4 Å². The van der Waals surface area contributed by atoms with Crippen molar-refractivity contribution in [3.05, 3.63) is 60.0 Å². The second-order valence-electron chi connectivity index (χ2n) is 5.89. The van der Waals surface area contributed by atoms with Crippen LogP contribution in [0.1, 0.15) is 30.5 Å². The molecular formula is C19H21N5O. The maximum atomic E-state index is 9.81. The number of aromatic hydroxyl groups is 1. The van der Waals surface area contributed by atoms with E-state index in [1.54, 1.807) is 30.6 Å². The van der Waals surface area contributed by atoms with Crippen molar-refractivity contribution >= 4 is 11.5 Å². The van der Waals surface area contributed by atoms with Crippen molar-refractivity contribution in [2.45, 2.75) is 26.3 Å². The smallest absolute Gasteiger partial charge is 0.161 e. The maximum absolute atomic E-state index is 9.81. The average Bonchev–Trinajstić information content (AvgIpc) is 2.64. The van der Waals surface area contributed by atoms with Crippen LogP contribution in [0.2, 0.25) is 0 Å². The number of nitrogens with one attached hydrogen (secondary N) is 1. The van der Waals surface area contributed by atoms with Crippen molar-refractivity contribution in [1.82, 2.24) is 15.0 Å². The predicted octanol–water partition coefficient (Wildman–Crippen LogP) is 3.70. The summed E-state index contributed by atoms with van der Waals surface area (Å²) in [5, 5.41) is 13.3. The van der Waals surface area contributed by atoms with Crippen molar-refractivity contribution in [3.8, 4) is 17.1 Å². The first-order valence-corrected chi connectivity index (χ1v) is 8.17. The fourth-order valence-corrected chi connectivity index (χ4v) is 2.58. The number of benzene rings is 1. The Balaban J connectivity index is 1.92. The Labute approximate surface area is 146 Å². The summed E-state index contributed by atoms with van der Waals surface area (Å²) >= 11 is 0. The lowest BCUT2D eigenvalue weighted by Crippen LogP contribution is -2.12. The molecule has 0 aliphatic carbocycles. The van der Waals surface area contributed by atoms with Crippen LogP contribution in [-0.2, 0) is 0 Å². The van der Waals surface area contributed by atoms with Crippen LogP contribution >= 0.6 is 0 Å². The number of phenols is 1. The van der Waals surface area contributed by atoms with Gasteiger partial charge in [0, 0.05) is 29.7 Å². The summed E-state index contributed by atoms with van der Waals surface area (Å²) in [7, 11) is 0. The minimum absolute atomic E-state index is 0.0259. The van der Waals surface area contributed by atoms with Gasteiger partial charge in [-0.05, 0) is 43.2 Å². The quantitative estimate of drug-likeness (QED) is 0.486. The van der Waals surface area contributed by atoms with Crippen LogP contribution in [0.3, 0.4) is 0 Å². The lowest BCUT2D eigenvalue weighted by Gasteiger charge is -2.19. The predicted molar refractivity (Wildman–Crippen MR) is 99.2 cm³/mol. The van der Waals surface area contributed by atoms with Crippen LogP contribution in [0.4, 0.5) is 11.5 Å². The van der Waals surface area contributed by atoms with E-state index < -0.39 is 0 Å². The number of hydrogen-bond acceptors (Lipinski definition) is 6. The molecule has 3 rings (SSSR count). The number of nitrogens with zero attached hydrogens (tertiary/aromatic N) is 3. The molecule has 6 heteroatoms. The van der Waals surface area contributed by atoms with E-state index in [9.17, 15) is 5.11 Å². The van der Waals surface area contributed by atoms with E-state index in [2.05, 4.69) is 27.2 Å². The number of rotatable bonds is 5. The lowest BCUT2D eigenvalue weighted by molar-refractivity contribution is 0.478. The molecule has 25 heavy (non-hydrogen) atoms. The van der Waals surface area contributed by atoms with Crippen LogP contribution < -0.4 is 11.1 Å². The summed E-state index contributed by atoms with van der Waals surface area (Å²) in [5.74, 6) is 1.32. The van der Waals surface area contributed by atoms with Gasteiger partial charge in [-0.3, -0.25) is 4.98 Å². The van der Waals surface area contributed by atoms with Crippen molar-refractivity contribution in [1.29, 1.82) is 0 Å². The fraction of sp³-hybridized carbons (Fsp3) is 0.211. The molecule has 0 spiro atoms.